The highest BCUT2D eigenvalue weighted by Gasteiger charge is 2.02. The van der Waals surface area contributed by atoms with Crippen molar-refractivity contribution in [3.05, 3.63) is 0 Å². The topological polar surface area (TPSA) is 84.5 Å². The maximum absolute atomic E-state index is 11.6. The molecule has 8 heteroatoms. The predicted octanol–water partition coefficient (Wildman–Crippen LogP) is 2.97. The first-order chi connectivity index (χ1) is 15.3. The number of rotatable bonds is 26. The first-order valence-corrected chi connectivity index (χ1v) is 12.0. The third-order valence-corrected chi connectivity index (χ3v) is 4.46. The summed E-state index contributed by atoms with van der Waals surface area (Å²) < 4.78 is 32.1. The second kappa shape index (κ2) is 27.3. The Morgan fingerprint density at radius 2 is 1.00 bits per heavy atom. The number of nitrogens with one attached hydrogen (secondary N) is 1. The SMILES string of the molecule is CCCCCCCCCC(=O)OCCOCCOCCOCCOCCOCCNC. The molecule has 0 radical (unpaired) electrons. The minimum atomic E-state index is -0.129. The number of likely N-dealkylation sites (N-methyl/N-ethyl adjacent to an activating group) is 1. The molecule has 0 saturated carbocycles. The van der Waals surface area contributed by atoms with Gasteiger partial charge < -0.3 is 33.7 Å². The Morgan fingerprint density at radius 1 is 0.581 bits per heavy atom. The van der Waals surface area contributed by atoms with Crippen molar-refractivity contribution in [2.45, 2.75) is 58.3 Å². The zero-order valence-electron chi connectivity index (χ0n) is 20.0. The van der Waals surface area contributed by atoms with Gasteiger partial charge in [-0.1, -0.05) is 45.4 Å². The van der Waals surface area contributed by atoms with Crippen LogP contribution in [0, 0.1) is 0 Å². The minimum Gasteiger partial charge on any atom is -0.463 e. The molecule has 31 heavy (non-hydrogen) atoms. The average Bonchev–Trinajstić information content (AvgIpc) is 2.77. The zero-order chi connectivity index (χ0) is 22.7. The van der Waals surface area contributed by atoms with E-state index in [4.69, 9.17) is 28.4 Å². The van der Waals surface area contributed by atoms with E-state index in [1.807, 2.05) is 7.05 Å². The molecule has 0 heterocycles. The Hall–Kier alpha value is -0.770. The number of esters is 1. The molecule has 0 unspecified atom stereocenters. The van der Waals surface area contributed by atoms with Crippen LogP contribution in [0.3, 0.4) is 0 Å². The number of carbonyl (C=O) groups is 1. The van der Waals surface area contributed by atoms with Gasteiger partial charge in [0.15, 0.2) is 0 Å². The van der Waals surface area contributed by atoms with Crippen molar-refractivity contribution in [3.8, 4) is 0 Å². The van der Waals surface area contributed by atoms with Gasteiger partial charge >= 0.3 is 5.97 Å². The summed E-state index contributed by atoms with van der Waals surface area (Å²) in [6, 6.07) is 0. The first-order valence-electron chi connectivity index (χ1n) is 12.0. The number of hydrogen-bond donors (Lipinski definition) is 1. The fourth-order valence-corrected chi connectivity index (χ4v) is 2.67. The highest BCUT2D eigenvalue weighted by Crippen LogP contribution is 2.08. The fraction of sp³-hybridized carbons (Fsp3) is 0.957. The lowest BCUT2D eigenvalue weighted by Crippen LogP contribution is -2.17. The van der Waals surface area contributed by atoms with Gasteiger partial charge in [-0.05, 0) is 13.5 Å². The molecule has 0 aromatic rings. The lowest BCUT2D eigenvalue weighted by Gasteiger charge is -2.08. The number of ether oxygens (including phenoxy) is 6. The molecule has 0 aromatic carbocycles. The third kappa shape index (κ3) is 27.2. The summed E-state index contributed by atoms with van der Waals surface area (Å²) in [4.78, 5) is 11.6. The molecule has 0 amide bonds. The lowest BCUT2D eigenvalue weighted by molar-refractivity contribution is -0.145. The van der Waals surface area contributed by atoms with Crippen molar-refractivity contribution < 1.29 is 33.2 Å². The second-order valence-corrected chi connectivity index (χ2v) is 7.26. The first kappa shape index (κ1) is 30.2. The van der Waals surface area contributed by atoms with Crippen LogP contribution in [0.1, 0.15) is 58.3 Å². The normalized spacial score (nSPS) is 11.2. The summed E-state index contributed by atoms with van der Waals surface area (Å²) in [7, 11) is 1.89. The fourth-order valence-electron chi connectivity index (χ4n) is 2.67. The van der Waals surface area contributed by atoms with E-state index in [-0.39, 0.29) is 5.97 Å². The van der Waals surface area contributed by atoms with Crippen molar-refractivity contribution in [2.24, 2.45) is 0 Å². The van der Waals surface area contributed by atoms with E-state index >= 15 is 0 Å². The van der Waals surface area contributed by atoms with Gasteiger partial charge in [-0.25, -0.2) is 0 Å². The summed E-state index contributed by atoms with van der Waals surface area (Å²) >= 11 is 0. The Labute approximate surface area is 189 Å². The molecule has 0 rings (SSSR count). The van der Waals surface area contributed by atoms with E-state index in [0.717, 1.165) is 19.4 Å². The minimum absolute atomic E-state index is 0.129. The van der Waals surface area contributed by atoms with Crippen LogP contribution >= 0.6 is 0 Å². The molecule has 0 aliphatic carbocycles. The van der Waals surface area contributed by atoms with Gasteiger partial charge in [0.1, 0.15) is 6.61 Å². The van der Waals surface area contributed by atoms with Crippen LogP contribution in [0.25, 0.3) is 0 Å². The van der Waals surface area contributed by atoms with Crippen LogP contribution in [-0.4, -0.2) is 92.2 Å². The van der Waals surface area contributed by atoms with Gasteiger partial charge in [0.25, 0.3) is 0 Å². The van der Waals surface area contributed by atoms with Gasteiger partial charge in [-0.15, -0.1) is 0 Å². The van der Waals surface area contributed by atoms with E-state index in [9.17, 15) is 4.79 Å². The largest absolute Gasteiger partial charge is 0.463 e. The van der Waals surface area contributed by atoms with Gasteiger partial charge in [-0.2, -0.15) is 0 Å². The molecular weight excluding hydrogens is 402 g/mol. The number of carbonyl (C=O) groups excluding carboxylic acids is 1. The Kier molecular flexibility index (Phi) is 26.6. The maximum atomic E-state index is 11.6. The molecule has 0 aliphatic heterocycles. The molecule has 1 N–H and O–H groups in total. The standard InChI is InChI=1S/C23H47NO7/c1-3-4-5-6-7-8-9-10-23(25)31-22-21-30-20-19-29-18-17-28-16-15-27-14-13-26-12-11-24-2/h24H,3-22H2,1-2H3. The third-order valence-electron chi connectivity index (χ3n) is 4.46. The Bertz CT molecular complexity index is 359. The van der Waals surface area contributed by atoms with Gasteiger partial charge in [0.2, 0.25) is 0 Å². The summed E-state index contributed by atoms with van der Waals surface area (Å²) in [5.74, 6) is -0.129. The van der Waals surface area contributed by atoms with Crippen LogP contribution in [0.5, 0.6) is 0 Å². The highest BCUT2D eigenvalue weighted by molar-refractivity contribution is 5.69. The molecule has 0 aliphatic rings. The van der Waals surface area contributed by atoms with Crippen LogP contribution in [-0.2, 0) is 33.2 Å². The van der Waals surface area contributed by atoms with Gasteiger partial charge in [0, 0.05) is 13.0 Å². The molecule has 0 atom stereocenters. The van der Waals surface area contributed by atoms with Crippen molar-refractivity contribution in [3.63, 3.8) is 0 Å². The summed E-state index contributed by atoms with van der Waals surface area (Å²) in [5.41, 5.74) is 0. The van der Waals surface area contributed by atoms with Crippen molar-refractivity contribution in [2.75, 3.05) is 86.3 Å². The van der Waals surface area contributed by atoms with Gasteiger partial charge in [-0.3, -0.25) is 4.79 Å². The maximum Gasteiger partial charge on any atom is 0.305 e. The van der Waals surface area contributed by atoms with Crippen LogP contribution in [0.4, 0.5) is 0 Å². The van der Waals surface area contributed by atoms with Crippen molar-refractivity contribution in [1.29, 1.82) is 0 Å². The van der Waals surface area contributed by atoms with E-state index < -0.39 is 0 Å². The summed E-state index contributed by atoms with van der Waals surface area (Å²) in [6.07, 6.45) is 8.89. The Morgan fingerprint density at radius 3 is 1.48 bits per heavy atom. The Balaban J connectivity index is 3.11. The van der Waals surface area contributed by atoms with Crippen LogP contribution < -0.4 is 5.32 Å². The van der Waals surface area contributed by atoms with E-state index in [1.54, 1.807) is 0 Å². The molecule has 186 valence electrons. The number of hydrogen-bond acceptors (Lipinski definition) is 8. The molecule has 0 spiro atoms. The van der Waals surface area contributed by atoms with Crippen molar-refractivity contribution in [1.82, 2.24) is 5.32 Å². The summed E-state index contributed by atoms with van der Waals surface area (Å²) in [6.45, 7) is 8.76. The van der Waals surface area contributed by atoms with E-state index in [0.29, 0.717) is 79.1 Å². The molecular formula is C23H47NO7. The van der Waals surface area contributed by atoms with Crippen molar-refractivity contribution >= 4 is 5.97 Å². The highest BCUT2D eigenvalue weighted by atomic mass is 16.6. The zero-order valence-corrected chi connectivity index (χ0v) is 20.0. The van der Waals surface area contributed by atoms with Crippen LogP contribution in [0.2, 0.25) is 0 Å². The lowest BCUT2D eigenvalue weighted by atomic mass is 10.1. The second-order valence-electron chi connectivity index (χ2n) is 7.26. The predicted molar refractivity (Wildman–Crippen MR) is 122 cm³/mol. The number of unbranched alkanes of at least 4 members (excludes halogenated alkanes) is 6. The molecule has 0 aromatic heterocycles. The summed E-state index contributed by atoms with van der Waals surface area (Å²) in [5, 5.41) is 3.01. The average molecular weight is 450 g/mol. The molecule has 0 saturated heterocycles. The monoisotopic (exact) mass is 449 g/mol. The van der Waals surface area contributed by atoms with E-state index in [1.165, 1.54) is 32.1 Å². The van der Waals surface area contributed by atoms with Crippen LogP contribution in [0.15, 0.2) is 0 Å². The van der Waals surface area contributed by atoms with Gasteiger partial charge in [0.05, 0.1) is 66.1 Å². The molecule has 8 nitrogen and oxygen atoms in total. The quantitative estimate of drug-likeness (QED) is 0.159. The van der Waals surface area contributed by atoms with E-state index in [2.05, 4.69) is 12.2 Å². The molecule has 0 bridgehead atoms. The smallest absolute Gasteiger partial charge is 0.305 e. The molecule has 0 fully saturated rings.